The highest BCUT2D eigenvalue weighted by atomic mass is 19.2. The van der Waals surface area contributed by atoms with Gasteiger partial charge in [-0.05, 0) is 43.6 Å². The van der Waals surface area contributed by atoms with Gasteiger partial charge in [-0.3, -0.25) is 0 Å². The fourth-order valence-corrected chi connectivity index (χ4v) is 3.00. The lowest BCUT2D eigenvalue weighted by atomic mass is 9.77. The van der Waals surface area contributed by atoms with Crippen molar-refractivity contribution in [3.05, 3.63) is 29.3 Å². The minimum atomic E-state index is -1.35. The van der Waals surface area contributed by atoms with Crippen LogP contribution >= 0.6 is 0 Å². The summed E-state index contributed by atoms with van der Waals surface area (Å²) >= 11 is 0. The van der Waals surface area contributed by atoms with E-state index in [1.807, 2.05) is 0 Å². The molecule has 1 heterocycles. The number of hydrogen-bond acceptors (Lipinski definition) is 1. The molecule has 0 aliphatic heterocycles. The molecule has 1 aromatic heterocycles. The van der Waals surface area contributed by atoms with Gasteiger partial charge in [0.05, 0.1) is 0 Å². The number of halogens is 3. The molecule has 4 heteroatoms. The van der Waals surface area contributed by atoms with Gasteiger partial charge in [0.1, 0.15) is 0 Å². The number of pyridine rings is 1. The summed E-state index contributed by atoms with van der Waals surface area (Å²) in [5, 5.41) is 0. The maximum Gasteiger partial charge on any atom is 0.251 e. The SMILES string of the molecule is CCCCC1CCC(c2cc(F)c(F)nc2F)CC1. The van der Waals surface area contributed by atoms with Crippen molar-refractivity contribution < 1.29 is 13.2 Å². The van der Waals surface area contributed by atoms with Gasteiger partial charge in [0.15, 0.2) is 5.82 Å². The summed E-state index contributed by atoms with van der Waals surface area (Å²) in [6, 6.07) is 0.981. The summed E-state index contributed by atoms with van der Waals surface area (Å²) in [7, 11) is 0. The van der Waals surface area contributed by atoms with Gasteiger partial charge in [-0.1, -0.05) is 26.2 Å². The molecule has 19 heavy (non-hydrogen) atoms. The van der Waals surface area contributed by atoms with Crippen molar-refractivity contribution >= 4 is 0 Å². The zero-order valence-corrected chi connectivity index (χ0v) is 11.3. The third kappa shape index (κ3) is 3.48. The molecule has 0 unspecified atom stereocenters. The van der Waals surface area contributed by atoms with Gasteiger partial charge < -0.3 is 0 Å². The van der Waals surface area contributed by atoms with E-state index in [2.05, 4.69) is 11.9 Å². The van der Waals surface area contributed by atoms with Crippen LogP contribution in [-0.4, -0.2) is 4.98 Å². The summed E-state index contributed by atoms with van der Waals surface area (Å²) in [6.45, 7) is 2.17. The molecule has 1 aromatic rings. The normalized spacial score (nSPS) is 23.6. The first-order chi connectivity index (χ1) is 9.11. The minimum Gasteiger partial charge on any atom is -0.202 e. The Bertz CT molecular complexity index is 426. The Morgan fingerprint density at radius 3 is 2.42 bits per heavy atom. The second-order valence-corrected chi connectivity index (χ2v) is 5.50. The molecule has 0 atom stereocenters. The molecule has 0 spiro atoms. The Kier molecular flexibility index (Phi) is 4.83. The zero-order chi connectivity index (χ0) is 13.8. The van der Waals surface area contributed by atoms with Gasteiger partial charge in [0, 0.05) is 5.56 Å². The van der Waals surface area contributed by atoms with Gasteiger partial charge in [-0.2, -0.15) is 13.8 Å². The maximum absolute atomic E-state index is 13.6. The Morgan fingerprint density at radius 2 is 1.79 bits per heavy atom. The Labute approximate surface area is 112 Å². The Morgan fingerprint density at radius 1 is 1.11 bits per heavy atom. The molecule has 0 aromatic carbocycles. The fraction of sp³-hybridized carbons (Fsp3) is 0.667. The summed E-state index contributed by atoms with van der Waals surface area (Å²) in [5.41, 5.74) is 0.243. The smallest absolute Gasteiger partial charge is 0.202 e. The molecule has 0 amide bonds. The van der Waals surface area contributed by atoms with E-state index in [1.54, 1.807) is 0 Å². The highest BCUT2D eigenvalue weighted by Crippen LogP contribution is 2.38. The second-order valence-electron chi connectivity index (χ2n) is 5.50. The first-order valence-electron chi connectivity index (χ1n) is 7.13. The molecular weight excluding hydrogens is 251 g/mol. The van der Waals surface area contributed by atoms with Gasteiger partial charge in [0.25, 0.3) is 5.95 Å². The van der Waals surface area contributed by atoms with Crippen LogP contribution in [0.15, 0.2) is 6.07 Å². The molecule has 1 fully saturated rings. The summed E-state index contributed by atoms with van der Waals surface area (Å²) in [5.74, 6) is -2.56. The van der Waals surface area contributed by atoms with Crippen molar-refractivity contribution in [1.82, 2.24) is 4.98 Å². The molecule has 1 saturated carbocycles. The molecule has 0 radical (unpaired) electrons. The largest absolute Gasteiger partial charge is 0.251 e. The third-order valence-electron chi connectivity index (χ3n) is 4.17. The Balaban J connectivity index is 1.99. The monoisotopic (exact) mass is 271 g/mol. The number of aromatic nitrogens is 1. The first kappa shape index (κ1) is 14.4. The van der Waals surface area contributed by atoms with Crippen LogP contribution in [0.1, 0.15) is 63.4 Å². The number of nitrogens with zero attached hydrogens (tertiary/aromatic N) is 1. The summed E-state index contributed by atoms with van der Waals surface area (Å²) < 4.78 is 39.6. The van der Waals surface area contributed by atoms with Crippen molar-refractivity contribution in [2.24, 2.45) is 5.92 Å². The zero-order valence-electron chi connectivity index (χ0n) is 11.3. The van der Waals surface area contributed by atoms with Crippen molar-refractivity contribution in [3.8, 4) is 0 Å². The molecule has 0 N–H and O–H groups in total. The predicted molar refractivity (Wildman–Crippen MR) is 68.3 cm³/mol. The van der Waals surface area contributed by atoms with Crippen molar-refractivity contribution in [2.45, 2.75) is 57.8 Å². The van der Waals surface area contributed by atoms with E-state index in [0.29, 0.717) is 5.92 Å². The van der Waals surface area contributed by atoms with Gasteiger partial charge in [-0.25, -0.2) is 4.39 Å². The van der Waals surface area contributed by atoms with Gasteiger partial charge in [-0.15, -0.1) is 0 Å². The maximum atomic E-state index is 13.6. The van der Waals surface area contributed by atoms with Crippen LogP contribution in [0.2, 0.25) is 0 Å². The van der Waals surface area contributed by atoms with Crippen LogP contribution in [0.25, 0.3) is 0 Å². The van der Waals surface area contributed by atoms with E-state index in [1.165, 1.54) is 19.3 Å². The van der Waals surface area contributed by atoms with Crippen LogP contribution in [0.5, 0.6) is 0 Å². The van der Waals surface area contributed by atoms with Crippen LogP contribution < -0.4 is 0 Å². The van der Waals surface area contributed by atoms with Crippen LogP contribution in [-0.2, 0) is 0 Å². The highest BCUT2D eigenvalue weighted by Gasteiger charge is 2.25. The molecule has 106 valence electrons. The second kappa shape index (κ2) is 6.40. The van der Waals surface area contributed by atoms with Gasteiger partial charge in [0.2, 0.25) is 5.95 Å². The van der Waals surface area contributed by atoms with E-state index in [-0.39, 0.29) is 11.5 Å². The third-order valence-corrected chi connectivity index (χ3v) is 4.17. The first-order valence-corrected chi connectivity index (χ1v) is 7.13. The molecule has 0 saturated heterocycles. The molecule has 1 nitrogen and oxygen atoms in total. The number of rotatable bonds is 4. The fourth-order valence-electron chi connectivity index (χ4n) is 3.00. The number of unbranched alkanes of at least 4 members (excludes halogenated alkanes) is 1. The van der Waals surface area contributed by atoms with Crippen LogP contribution in [0.4, 0.5) is 13.2 Å². The number of hydrogen-bond donors (Lipinski definition) is 0. The average molecular weight is 271 g/mol. The van der Waals surface area contributed by atoms with E-state index in [9.17, 15) is 13.2 Å². The lowest BCUT2D eigenvalue weighted by molar-refractivity contribution is 0.297. The lowest BCUT2D eigenvalue weighted by Crippen LogP contribution is -2.15. The molecule has 2 rings (SSSR count). The molecule has 1 aliphatic carbocycles. The molecule has 0 bridgehead atoms. The Hall–Kier alpha value is -1.06. The van der Waals surface area contributed by atoms with Crippen molar-refractivity contribution in [3.63, 3.8) is 0 Å². The van der Waals surface area contributed by atoms with Crippen LogP contribution in [0, 0.1) is 23.6 Å². The van der Waals surface area contributed by atoms with Crippen LogP contribution in [0.3, 0.4) is 0 Å². The average Bonchev–Trinajstić information content (AvgIpc) is 2.41. The molecule has 1 aliphatic rings. The quantitative estimate of drug-likeness (QED) is 0.705. The van der Waals surface area contributed by atoms with E-state index < -0.39 is 17.7 Å². The van der Waals surface area contributed by atoms with Crippen molar-refractivity contribution in [2.75, 3.05) is 0 Å². The van der Waals surface area contributed by atoms with Crippen molar-refractivity contribution in [1.29, 1.82) is 0 Å². The summed E-state index contributed by atoms with van der Waals surface area (Å²) in [4.78, 5) is 3.01. The van der Waals surface area contributed by atoms with E-state index in [4.69, 9.17) is 0 Å². The molecular formula is C15H20F3N. The predicted octanol–water partition coefficient (Wildman–Crippen LogP) is 4.96. The minimum absolute atomic E-state index is 0.0134. The highest BCUT2D eigenvalue weighted by molar-refractivity contribution is 5.18. The van der Waals surface area contributed by atoms with Gasteiger partial charge >= 0.3 is 0 Å². The summed E-state index contributed by atoms with van der Waals surface area (Å²) in [6.07, 6.45) is 7.43. The lowest BCUT2D eigenvalue weighted by Gasteiger charge is -2.28. The van der Waals surface area contributed by atoms with E-state index >= 15 is 0 Å². The standard InChI is InChI=1S/C15H20F3N/c1-2-3-4-10-5-7-11(8-6-10)12-9-13(16)15(18)19-14(12)17/h9-11H,2-8H2,1H3. The topological polar surface area (TPSA) is 12.9 Å². The van der Waals surface area contributed by atoms with E-state index in [0.717, 1.165) is 31.7 Å².